The molecule has 2 aromatic carbocycles. The minimum atomic E-state index is -0.472. The Morgan fingerprint density at radius 2 is 1.45 bits per heavy atom. The number of carbonyl (C=O) groups excluding carboxylic acids is 1. The van der Waals surface area contributed by atoms with Crippen LogP contribution < -0.4 is 16.2 Å². The van der Waals surface area contributed by atoms with Gasteiger partial charge in [0.1, 0.15) is 6.04 Å². The van der Waals surface area contributed by atoms with E-state index in [1.807, 2.05) is 81.4 Å². The first-order valence-electron chi connectivity index (χ1n) is 7.39. The zero-order valence-electron chi connectivity index (χ0n) is 13.3. The average molecular weight is 297 g/mol. The average Bonchev–Trinajstić information content (AvgIpc) is 2.48. The number of para-hydroxylation sites is 1. The van der Waals surface area contributed by atoms with Crippen LogP contribution >= 0.6 is 0 Å². The van der Waals surface area contributed by atoms with Crippen molar-refractivity contribution in [3.05, 3.63) is 66.2 Å². The topological polar surface area (TPSA) is 53.2 Å². The van der Waals surface area contributed by atoms with E-state index in [0.29, 0.717) is 0 Å². The number of carbonyl (C=O) groups is 1. The first kappa shape index (κ1) is 16.0. The van der Waals surface area contributed by atoms with Crippen LogP contribution in [0.5, 0.6) is 0 Å². The second-order valence-corrected chi connectivity index (χ2v) is 6.22. The Morgan fingerprint density at radius 3 is 2.00 bits per heavy atom. The fourth-order valence-corrected chi connectivity index (χ4v) is 2.06. The first-order chi connectivity index (χ1) is 10.5. The van der Waals surface area contributed by atoms with Gasteiger partial charge in [0.15, 0.2) is 0 Å². The lowest BCUT2D eigenvalue weighted by atomic mass is 10.0. The second kappa shape index (κ2) is 7.09. The van der Waals surface area contributed by atoms with Crippen LogP contribution in [-0.2, 0) is 4.79 Å². The van der Waals surface area contributed by atoms with E-state index in [9.17, 15) is 4.79 Å². The molecule has 1 amide bonds. The summed E-state index contributed by atoms with van der Waals surface area (Å²) in [6.45, 7) is 5.91. The van der Waals surface area contributed by atoms with Crippen LogP contribution in [0.25, 0.3) is 0 Å². The van der Waals surface area contributed by atoms with Gasteiger partial charge in [-0.25, -0.2) is 5.43 Å². The summed E-state index contributed by atoms with van der Waals surface area (Å²) in [5.41, 5.74) is 7.75. The molecule has 0 saturated carbocycles. The number of hydrogen-bond donors (Lipinski definition) is 3. The van der Waals surface area contributed by atoms with Gasteiger partial charge >= 0.3 is 0 Å². The Bertz CT molecular complexity index is 591. The number of rotatable bonds is 5. The van der Waals surface area contributed by atoms with Crippen molar-refractivity contribution < 1.29 is 4.79 Å². The van der Waals surface area contributed by atoms with Crippen molar-refractivity contribution in [2.45, 2.75) is 32.4 Å². The number of hydrazine groups is 1. The molecule has 0 heterocycles. The molecular formula is C18H23N3O. The molecule has 0 radical (unpaired) electrons. The standard InChI is InChI=1S/C18H23N3O/c1-18(2,3)19-17(22)16(14-10-6-4-7-11-14)21-20-15-12-8-5-9-13-15/h4-13,16,20-21H,1-3H3,(H,19,22). The lowest BCUT2D eigenvalue weighted by Crippen LogP contribution is -2.47. The molecule has 2 aromatic rings. The van der Waals surface area contributed by atoms with Gasteiger partial charge in [0, 0.05) is 11.2 Å². The summed E-state index contributed by atoms with van der Waals surface area (Å²) in [5.74, 6) is -0.0675. The van der Waals surface area contributed by atoms with Gasteiger partial charge in [-0.05, 0) is 38.5 Å². The molecule has 0 saturated heterocycles. The fourth-order valence-electron chi connectivity index (χ4n) is 2.06. The molecule has 1 atom stereocenters. The Balaban J connectivity index is 2.13. The SMILES string of the molecule is CC(C)(C)NC(=O)C(NNc1ccccc1)c1ccccc1. The number of hydrogen-bond acceptors (Lipinski definition) is 3. The lowest BCUT2D eigenvalue weighted by molar-refractivity contribution is -0.124. The van der Waals surface area contributed by atoms with E-state index >= 15 is 0 Å². The predicted octanol–water partition coefficient (Wildman–Crippen LogP) is 3.26. The Morgan fingerprint density at radius 1 is 0.909 bits per heavy atom. The minimum absolute atomic E-state index is 0.0675. The molecule has 4 nitrogen and oxygen atoms in total. The molecule has 0 aliphatic heterocycles. The van der Waals surface area contributed by atoms with Gasteiger partial charge in [0.05, 0.1) is 0 Å². The Labute approximate surface area is 131 Å². The van der Waals surface area contributed by atoms with E-state index in [0.717, 1.165) is 11.3 Å². The van der Waals surface area contributed by atoms with Crippen LogP contribution in [0, 0.1) is 0 Å². The summed E-state index contributed by atoms with van der Waals surface area (Å²) < 4.78 is 0. The van der Waals surface area contributed by atoms with Crippen molar-refractivity contribution in [2.75, 3.05) is 5.43 Å². The molecule has 0 spiro atoms. The third kappa shape index (κ3) is 4.90. The van der Waals surface area contributed by atoms with Crippen molar-refractivity contribution in [2.24, 2.45) is 0 Å². The highest BCUT2D eigenvalue weighted by Gasteiger charge is 2.24. The maximum Gasteiger partial charge on any atom is 0.243 e. The van der Waals surface area contributed by atoms with Crippen LogP contribution in [0.4, 0.5) is 5.69 Å². The van der Waals surface area contributed by atoms with Crippen LogP contribution in [0.1, 0.15) is 32.4 Å². The van der Waals surface area contributed by atoms with E-state index in [1.165, 1.54) is 0 Å². The molecule has 3 N–H and O–H groups in total. The van der Waals surface area contributed by atoms with E-state index in [-0.39, 0.29) is 11.4 Å². The van der Waals surface area contributed by atoms with E-state index in [2.05, 4.69) is 16.2 Å². The maximum absolute atomic E-state index is 12.6. The van der Waals surface area contributed by atoms with Crippen molar-refractivity contribution in [1.29, 1.82) is 0 Å². The van der Waals surface area contributed by atoms with Crippen molar-refractivity contribution in [3.8, 4) is 0 Å². The van der Waals surface area contributed by atoms with Crippen molar-refractivity contribution >= 4 is 11.6 Å². The summed E-state index contributed by atoms with van der Waals surface area (Å²) in [7, 11) is 0. The van der Waals surface area contributed by atoms with Gasteiger partial charge in [0.25, 0.3) is 0 Å². The summed E-state index contributed by atoms with van der Waals surface area (Å²) >= 11 is 0. The van der Waals surface area contributed by atoms with Gasteiger partial charge in [0.2, 0.25) is 5.91 Å². The first-order valence-corrected chi connectivity index (χ1v) is 7.39. The van der Waals surface area contributed by atoms with Gasteiger partial charge in [-0.15, -0.1) is 0 Å². The van der Waals surface area contributed by atoms with Crippen LogP contribution in [0.3, 0.4) is 0 Å². The van der Waals surface area contributed by atoms with E-state index < -0.39 is 6.04 Å². The molecule has 0 aliphatic rings. The molecule has 4 heteroatoms. The van der Waals surface area contributed by atoms with Gasteiger partial charge in [-0.3, -0.25) is 4.79 Å². The van der Waals surface area contributed by atoms with Crippen LogP contribution in [0.2, 0.25) is 0 Å². The van der Waals surface area contributed by atoms with Gasteiger partial charge < -0.3 is 10.7 Å². The predicted molar refractivity (Wildman–Crippen MR) is 90.3 cm³/mol. The van der Waals surface area contributed by atoms with Gasteiger partial charge in [-0.1, -0.05) is 48.5 Å². The summed E-state index contributed by atoms with van der Waals surface area (Å²) in [4.78, 5) is 12.6. The highest BCUT2D eigenvalue weighted by atomic mass is 16.2. The molecule has 1 unspecified atom stereocenters. The summed E-state index contributed by atoms with van der Waals surface area (Å²) in [6.07, 6.45) is 0. The smallest absolute Gasteiger partial charge is 0.243 e. The lowest BCUT2D eigenvalue weighted by Gasteiger charge is -2.26. The zero-order valence-corrected chi connectivity index (χ0v) is 13.3. The van der Waals surface area contributed by atoms with E-state index in [4.69, 9.17) is 0 Å². The molecule has 22 heavy (non-hydrogen) atoms. The largest absolute Gasteiger partial charge is 0.350 e. The Kier molecular flexibility index (Phi) is 5.17. The Hall–Kier alpha value is -2.33. The monoisotopic (exact) mass is 297 g/mol. The third-order valence-corrected chi connectivity index (χ3v) is 3.03. The molecule has 0 fully saturated rings. The number of anilines is 1. The maximum atomic E-state index is 12.6. The second-order valence-electron chi connectivity index (χ2n) is 6.22. The highest BCUT2D eigenvalue weighted by Crippen LogP contribution is 2.15. The van der Waals surface area contributed by atoms with Crippen LogP contribution in [-0.4, -0.2) is 11.4 Å². The number of nitrogens with one attached hydrogen (secondary N) is 3. The zero-order chi connectivity index (χ0) is 16.0. The molecule has 0 aromatic heterocycles. The van der Waals surface area contributed by atoms with Crippen molar-refractivity contribution in [3.63, 3.8) is 0 Å². The normalized spacial score (nSPS) is 12.5. The molecule has 0 aliphatic carbocycles. The molecular weight excluding hydrogens is 274 g/mol. The van der Waals surface area contributed by atoms with Crippen LogP contribution in [0.15, 0.2) is 60.7 Å². The summed E-state index contributed by atoms with van der Waals surface area (Å²) in [6, 6.07) is 18.9. The third-order valence-electron chi connectivity index (χ3n) is 3.03. The van der Waals surface area contributed by atoms with E-state index in [1.54, 1.807) is 0 Å². The summed E-state index contributed by atoms with van der Waals surface area (Å²) in [5, 5.41) is 3.01. The highest BCUT2D eigenvalue weighted by molar-refractivity contribution is 5.84. The fraction of sp³-hybridized carbons (Fsp3) is 0.278. The van der Waals surface area contributed by atoms with Crippen molar-refractivity contribution in [1.82, 2.24) is 10.7 Å². The molecule has 2 rings (SSSR count). The minimum Gasteiger partial charge on any atom is -0.350 e. The molecule has 116 valence electrons. The quantitative estimate of drug-likeness (QED) is 0.743. The van der Waals surface area contributed by atoms with Gasteiger partial charge in [-0.2, -0.15) is 0 Å². The molecule has 0 bridgehead atoms. The number of amides is 1. The number of benzene rings is 2.